The van der Waals surface area contributed by atoms with Crippen molar-refractivity contribution in [2.45, 2.75) is 12.5 Å². The van der Waals surface area contributed by atoms with Crippen LogP contribution in [0.5, 0.6) is 0 Å². The summed E-state index contributed by atoms with van der Waals surface area (Å²) in [6, 6.07) is 8.51. The largest absolute Gasteiger partial charge is 0.548 e. The van der Waals surface area contributed by atoms with Crippen molar-refractivity contribution in [2.24, 2.45) is 5.92 Å². The Labute approximate surface area is 86.9 Å². The summed E-state index contributed by atoms with van der Waals surface area (Å²) in [4.78, 5) is 21.7. The smallest absolute Gasteiger partial charge is 0.226 e. The van der Waals surface area contributed by atoms with Crippen molar-refractivity contribution in [2.75, 3.05) is 0 Å². The van der Waals surface area contributed by atoms with Crippen molar-refractivity contribution >= 4 is 11.9 Å². The van der Waals surface area contributed by atoms with Crippen LogP contribution in [0, 0.1) is 5.92 Å². The lowest BCUT2D eigenvalue weighted by molar-refractivity contribution is -0.311. The molecule has 0 unspecified atom stereocenters. The summed E-state index contributed by atoms with van der Waals surface area (Å²) in [5.74, 6) is -1.92. The van der Waals surface area contributed by atoms with Gasteiger partial charge in [-0.3, -0.25) is 4.79 Å². The second-order valence-corrected chi connectivity index (χ2v) is 3.60. The molecule has 1 fully saturated rings. The van der Waals surface area contributed by atoms with Gasteiger partial charge in [0.25, 0.3) is 0 Å². The van der Waals surface area contributed by atoms with E-state index in [0.29, 0.717) is 6.42 Å². The number of hydrogen-bond donors (Lipinski definition) is 1. The summed E-state index contributed by atoms with van der Waals surface area (Å²) in [7, 11) is 0. The summed E-state index contributed by atoms with van der Waals surface area (Å²) < 4.78 is 0. The lowest BCUT2D eigenvalue weighted by atomic mass is 9.85. The molecule has 0 aliphatic carbocycles. The van der Waals surface area contributed by atoms with Crippen molar-refractivity contribution in [1.29, 1.82) is 0 Å². The van der Waals surface area contributed by atoms with Crippen LogP contribution in [-0.4, -0.2) is 17.9 Å². The van der Waals surface area contributed by atoms with Crippen LogP contribution in [0.4, 0.5) is 0 Å². The number of amides is 1. The number of aliphatic carboxylic acids is 1. The highest BCUT2D eigenvalue weighted by molar-refractivity contribution is 5.95. The molecule has 1 saturated heterocycles. The summed E-state index contributed by atoms with van der Waals surface area (Å²) in [6.07, 6.45) is 0.450. The fourth-order valence-corrected chi connectivity index (χ4v) is 1.72. The van der Waals surface area contributed by atoms with Crippen LogP contribution >= 0.6 is 0 Å². The second-order valence-electron chi connectivity index (χ2n) is 3.60. The predicted molar refractivity (Wildman–Crippen MR) is 50.6 cm³/mol. The van der Waals surface area contributed by atoms with Gasteiger partial charge in [-0.25, -0.2) is 0 Å². The number of nitrogens with one attached hydrogen (secondary N) is 1. The highest BCUT2D eigenvalue weighted by atomic mass is 16.4. The maximum Gasteiger partial charge on any atom is 0.226 e. The van der Waals surface area contributed by atoms with E-state index in [0.717, 1.165) is 5.56 Å². The minimum Gasteiger partial charge on any atom is -0.548 e. The van der Waals surface area contributed by atoms with Gasteiger partial charge in [-0.2, -0.15) is 0 Å². The zero-order chi connectivity index (χ0) is 10.8. The molecule has 78 valence electrons. The number of carboxylic acids is 1. The summed E-state index contributed by atoms with van der Waals surface area (Å²) in [5, 5.41) is 12.9. The van der Waals surface area contributed by atoms with Crippen LogP contribution in [0.25, 0.3) is 0 Å². The number of carbonyl (C=O) groups is 2. The number of hydrogen-bond acceptors (Lipinski definition) is 3. The fraction of sp³-hybridized carbons (Fsp3) is 0.273. The van der Waals surface area contributed by atoms with E-state index in [4.69, 9.17) is 0 Å². The monoisotopic (exact) mass is 204 g/mol. The first-order chi connectivity index (χ1) is 7.18. The van der Waals surface area contributed by atoms with E-state index in [9.17, 15) is 14.7 Å². The van der Waals surface area contributed by atoms with Crippen LogP contribution in [0.15, 0.2) is 30.3 Å². The number of carboxylic acid groups (broad SMARTS) is 1. The molecule has 2 atom stereocenters. The maximum atomic E-state index is 11.1. The van der Waals surface area contributed by atoms with Crippen LogP contribution in [-0.2, 0) is 16.0 Å². The Balaban J connectivity index is 2.06. The molecule has 0 spiro atoms. The average molecular weight is 204 g/mol. The van der Waals surface area contributed by atoms with Gasteiger partial charge in [0, 0.05) is 0 Å². The van der Waals surface area contributed by atoms with Crippen molar-refractivity contribution in [3.05, 3.63) is 35.9 Å². The summed E-state index contributed by atoms with van der Waals surface area (Å²) in [5.41, 5.74) is 0.962. The van der Waals surface area contributed by atoms with Gasteiger partial charge >= 0.3 is 0 Å². The molecular formula is C11H10NO3-. The number of benzene rings is 1. The molecule has 1 aromatic rings. The minimum atomic E-state index is -1.21. The molecule has 1 aromatic carbocycles. The van der Waals surface area contributed by atoms with Gasteiger partial charge in [0.1, 0.15) is 0 Å². The van der Waals surface area contributed by atoms with Crippen molar-refractivity contribution in [3.8, 4) is 0 Å². The van der Waals surface area contributed by atoms with Crippen LogP contribution in [0.1, 0.15) is 5.56 Å². The quantitative estimate of drug-likeness (QED) is 0.648. The van der Waals surface area contributed by atoms with Gasteiger partial charge in [0.05, 0.1) is 17.9 Å². The molecule has 1 N–H and O–H groups in total. The van der Waals surface area contributed by atoms with Gasteiger partial charge in [-0.05, 0) is 12.0 Å². The zero-order valence-corrected chi connectivity index (χ0v) is 7.97. The number of rotatable bonds is 3. The first-order valence-corrected chi connectivity index (χ1v) is 4.73. The van der Waals surface area contributed by atoms with E-state index >= 15 is 0 Å². The molecule has 1 amide bonds. The Hall–Kier alpha value is -1.84. The van der Waals surface area contributed by atoms with Crippen molar-refractivity contribution in [3.63, 3.8) is 0 Å². The standard InChI is InChI=1S/C11H11NO3/c13-10-8(9(12-10)11(14)15)6-7-4-2-1-3-5-7/h1-5,8-9H,6H2,(H,12,13)(H,14,15)/p-1/t8-,9-/m0/s1. The normalized spacial score (nSPS) is 24.1. The Morgan fingerprint density at radius 3 is 2.53 bits per heavy atom. The molecule has 0 saturated carbocycles. The molecule has 1 aliphatic heterocycles. The van der Waals surface area contributed by atoms with Gasteiger partial charge in [0.2, 0.25) is 5.91 Å². The van der Waals surface area contributed by atoms with Gasteiger partial charge in [-0.1, -0.05) is 30.3 Å². The third-order valence-electron chi connectivity index (χ3n) is 2.59. The third kappa shape index (κ3) is 1.83. The Kier molecular flexibility index (Phi) is 2.41. The van der Waals surface area contributed by atoms with Gasteiger partial charge < -0.3 is 15.2 Å². The van der Waals surface area contributed by atoms with Crippen molar-refractivity contribution in [1.82, 2.24) is 5.32 Å². The maximum absolute atomic E-state index is 11.1. The van der Waals surface area contributed by atoms with Gasteiger partial charge in [-0.15, -0.1) is 0 Å². The molecular weight excluding hydrogens is 194 g/mol. The highest BCUT2D eigenvalue weighted by Crippen LogP contribution is 2.19. The van der Waals surface area contributed by atoms with E-state index in [1.54, 1.807) is 0 Å². The molecule has 0 radical (unpaired) electrons. The zero-order valence-electron chi connectivity index (χ0n) is 7.97. The van der Waals surface area contributed by atoms with Crippen LogP contribution in [0.2, 0.25) is 0 Å². The Morgan fingerprint density at radius 1 is 1.33 bits per heavy atom. The Bertz CT molecular complexity index is 388. The van der Waals surface area contributed by atoms with E-state index in [-0.39, 0.29) is 5.91 Å². The lowest BCUT2D eigenvalue weighted by Gasteiger charge is -2.37. The topological polar surface area (TPSA) is 69.2 Å². The molecule has 0 bridgehead atoms. The van der Waals surface area contributed by atoms with Crippen LogP contribution in [0.3, 0.4) is 0 Å². The SMILES string of the molecule is O=C1N[C@H](C(=O)[O-])[C@@H]1Cc1ccccc1. The first kappa shape index (κ1) is 9.71. The predicted octanol–water partition coefficient (Wildman–Crippen LogP) is -0.906. The average Bonchev–Trinajstić information content (AvgIpc) is 2.23. The summed E-state index contributed by atoms with van der Waals surface area (Å²) in [6.45, 7) is 0. The first-order valence-electron chi connectivity index (χ1n) is 4.73. The molecule has 2 rings (SSSR count). The second kappa shape index (κ2) is 3.73. The summed E-state index contributed by atoms with van der Waals surface area (Å²) >= 11 is 0. The number of β-lactam (4-membered cyclic amide) rings is 1. The molecule has 0 aromatic heterocycles. The van der Waals surface area contributed by atoms with Crippen LogP contribution < -0.4 is 10.4 Å². The van der Waals surface area contributed by atoms with Crippen molar-refractivity contribution < 1.29 is 14.7 Å². The molecule has 1 heterocycles. The molecule has 15 heavy (non-hydrogen) atoms. The Morgan fingerprint density at radius 2 is 2.00 bits per heavy atom. The lowest BCUT2D eigenvalue weighted by Crippen LogP contribution is -2.65. The third-order valence-corrected chi connectivity index (χ3v) is 2.59. The molecule has 4 heteroatoms. The minimum absolute atomic E-state index is 0.215. The van der Waals surface area contributed by atoms with E-state index < -0.39 is 17.9 Å². The fourth-order valence-electron chi connectivity index (χ4n) is 1.72. The van der Waals surface area contributed by atoms with E-state index in [2.05, 4.69) is 5.32 Å². The van der Waals surface area contributed by atoms with E-state index in [1.165, 1.54) is 0 Å². The molecule has 4 nitrogen and oxygen atoms in total. The highest BCUT2D eigenvalue weighted by Gasteiger charge is 2.39. The van der Waals surface area contributed by atoms with Gasteiger partial charge in [0.15, 0.2) is 0 Å². The number of carbonyl (C=O) groups excluding carboxylic acids is 2. The molecule has 1 aliphatic rings. The van der Waals surface area contributed by atoms with E-state index in [1.807, 2.05) is 30.3 Å².